The van der Waals surface area contributed by atoms with E-state index in [2.05, 4.69) is 0 Å². The van der Waals surface area contributed by atoms with Crippen LogP contribution in [0.5, 0.6) is 0 Å². The Bertz CT molecular complexity index is 582. The summed E-state index contributed by atoms with van der Waals surface area (Å²) in [6, 6.07) is 6.68. The number of amides is 2. The van der Waals surface area contributed by atoms with Crippen LogP contribution in [-0.2, 0) is 9.59 Å². The summed E-state index contributed by atoms with van der Waals surface area (Å²) in [7, 11) is 0. The first-order chi connectivity index (χ1) is 8.97. The van der Waals surface area contributed by atoms with E-state index >= 15 is 0 Å². The smallest absolute Gasteiger partial charge is 0.293 e. The summed E-state index contributed by atoms with van der Waals surface area (Å²) in [5.41, 5.74) is 0.698. The predicted molar refractivity (Wildman–Crippen MR) is 69.1 cm³/mol. The van der Waals surface area contributed by atoms with Crippen LogP contribution in [0.4, 0.5) is 4.79 Å². The van der Waals surface area contributed by atoms with Crippen molar-refractivity contribution in [1.29, 1.82) is 0 Å². The van der Waals surface area contributed by atoms with Gasteiger partial charge in [0.05, 0.1) is 17.4 Å². The molecule has 0 saturated carbocycles. The lowest BCUT2D eigenvalue weighted by atomic mass is 10.2. The number of imide groups is 1. The highest BCUT2D eigenvalue weighted by Crippen LogP contribution is 2.31. The molecule has 98 valence electrons. The molecule has 1 aliphatic heterocycles. The number of nitrogens with zero attached hydrogens (tertiary/aromatic N) is 1. The summed E-state index contributed by atoms with van der Waals surface area (Å²) < 4.78 is 0. The van der Waals surface area contributed by atoms with Crippen molar-refractivity contribution in [2.75, 3.05) is 6.54 Å². The topological polar surface area (TPSA) is 77.5 Å². The molecule has 0 unspecified atom stereocenters. The third-order valence-electron chi connectivity index (χ3n) is 2.33. The minimum Gasteiger partial charge on any atom is -0.548 e. The van der Waals surface area contributed by atoms with Crippen LogP contribution in [0.25, 0.3) is 6.08 Å². The van der Waals surface area contributed by atoms with Crippen molar-refractivity contribution in [1.82, 2.24) is 4.90 Å². The summed E-state index contributed by atoms with van der Waals surface area (Å²) in [4.78, 5) is 34.6. The average molecular weight is 297 g/mol. The van der Waals surface area contributed by atoms with Gasteiger partial charge in [-0.25, -0.2) is 0 Å². The van der Waals surface area contributed by atoms with Crippen LogP contribution in [0.1, 0.15) is 5.56 Å². The first kappa shape index (κ1) is 13.6. The maximum Gasteiger partial charge on any atom is 0.293 e. The van der Waals surface area contributed by atoms with Gasteiger partial charge in [-0.3, -0.25) is 14.5 Å². The molecule has 1 saturated heterocycles. The molecule has 5 nitrogen and oxygen atoms in total. The van der Waals surface area contributed by atoms with Crippen LogP contribution in [0.15, 0.2) is 29.2 Å². The molecule has 0 bridgehead atoms. The Morgan fingerprint density at radius 3 is 2.53 bits per heavy atom. The normalized spacial score (nSPS) is 17.3. The van der Waals surface area contributed by atoms with Crippen molar-refractivity contribution in [3.8, 4) is 0 Å². The van der Waals surface area contributed by atoms with Crippen LogP contribution in [0.3, 0.4) is 0 Å². The third-order valence-corrected chi connectivity index (χ3v) is 3.49. The minimum atomic E-state index is -1.48. The molecular formula is C12H7ClNO4S-. The van der Waals surface area contributed by atoms with E-state index in [-0.39, 0.29) is 4.91 Å². The van der Waals surface area contributed by atoms with Gasteiger partial charge in [0, 0.05) is 5.02 Å². The molecule has 0 radical (unpaired) electrons. The Labute approximate surface area is 117 Å². The van der Waals surface area contributed by atoms with Crippen molar-refractivity contribution >= 4 is 46.6 Å². The highest BCUT2D eigenvalue weighted by atomic mass is 35.5. The fourth-order valence-corrected chi connectivity index (χ4v) is 2.44. The number of hydrogen-bond acceptors (Lipinski definition) is 5. The van der Waals surface area contributed by atoms with Crippen LogP contribution < -0.4 is 5.11 Å². The number of thioether (sulfide) groups is 1. The summed E-state index contributed by atoms with van der Waals surface area (Å²) >= 11 is 6.43. The Kier molecular flexibility index (Phi) is 3.92. The third kappa shape index (κ3) is 3.15. The van der Waals surface area contributed by atoms with E-state index in [1.54, 1.807) is 24.3 Å². The molecular weight excluding hydrogens is 290 g/mol. The van der Waals surface area contributed by atoms with Gasteiger partial charge in [0.1, 0.15) is 0 Å². The fourth-order valence-electron chi connectivity index (χ4n) is 1.48. The zero-order valence-corrected chi connectivity index (χ0v) is 11.0. The molecule has 0 aromatic heterocycles. The van der Waals surface area contributed by atoms with Crippen LogP contribution in [0.2, 0.25) is 5.02 Å². The fraction of sp³-hybridized carbons (Fsp3) is 0.0833. The molecule has 1 fully saturated rings. The molecule has 2 rings (SSSR count). The lowest BCUT2D eigenvalue weighted by Crippen LogP contribution is -2.40. The van der Waals surface area contributed by atoms with Gasteiger partial charge >= 0.3 is 0 Å². The van der Waals surface area contributed by atoms with Gasteiger partial charge in [-0.15, -0.1) is 0 Å². The predicted octanol–water partition coefficient (Wildman–Crippen LogP) is 1.13. The molecule has 0 N–H and O–H groups in total. The number of halogens is 1. The Balaban J connectivity index is 2.23. The molecule has 7 heteroatoms. The van der Waals surface area contributed by atoms with E-state index in [1.165, 1.54) is 6.08 Å². The van der Waals surface area contributed by atoms with Gasteiger partial charge < -0.3 is 9.90 Å². The van der Waals surface area contributed by atoms with Crippen LogP contribution in [0, 0.1) is 0 Å². The van der Waals surface area contributed by atoms with Gasteiger partial charge in [-0.1, -0.05) is 23.7 Å². The lowest BCUT2D eigenvalue weighted by molar-refractivity contribution is -0.305. The summed E-state index contributed by atoms with van der Waals surface area (Å²) in [5.74, 6) is -2.11. The Hall–Kier alpha value is -1.79. The molecule has 1 aliphatic rings. The number of rotatable bonds is 3. The van der Waals surface area contributed by atoms with Gasteiger partial charge in [0.2, 0.25) is 0 Å². The number of carboxylic acid groups (broad SMARTS) is 1. The average Bonchev–Trinajstić information content (AvgIpc) is 2.60. The van der Waals surface area contributed by atoms with Crippen molar-refractivity contribution in [3.63, 3.8) is 0 Å². The highest BCUT2D eigenvalue weighted by molar-refractivity contribution is 8.18. The summed E-state index contributed by atoms with van der Waals surface area (Å²) in [6.07, 6.45) is 1.51. The number of carbonyl (C=O) groups is 3. The van der Waals surface area contributed by atoms with Gasteiger partial charge in [0.25, 0.3) is 11.1 Å². The van der Waals surface area contributed by atoms with Gasteiger partial charge in [-0.05, 0) is 35.5 Å². The van der Waals surface area contributed by atoms with Crippen LogP contribution >= 0.6 is 23.4 Å². The van der Waals surface area contributed by atoms with Crippen molar-refractivity contribution in [2.24, 2.45) is 0 Å². The van der Waals surface area contributed by atoms with E-state index < -0.39 is 23.7 Å². The second-order valence-electron chi connectivity index (χ2n) is 3.69. The first-order valence-electron chi connectivity index (χ1n) is 5.18. The molecule has 2 amide bonds. The standard InChI is InChI=1S/C12H8ClNO4S/c13-8-3-1-7(2-4-8)5-9-11(17)14(6-10(15)16)12(18)19-9/h1-5H,6H2,(H,15,16)/p-1/b9-5-. The van der Waals surface area contributed by atoms with E-state index in [1.807, 2.05) is 0 Å². The largest absolute Gasteiger partial charge is 0.548 e. The SMILES string of the molecule is O=C([O-])CN1C(=O)S/C(=C\c2ccc(Cl)cc2)C1=O. The molecule has 0 atom stereocenters. The quantitative estimate of drug-likeness (QED) is 0.781. The minimum absolute atomic E-state index is 0.175. The number of carboxylic acids is 1. The molecule has 1 heterocycles. The highest BCUT2D eigenvalue weighted by Gasteiger charge is 2.34. The molecule has 1 aromatic carbocycles. The Morgan fingerprint density at radius 1 is 1.32 bits per heavy atom. The van der Waals surface area contributed by atoms with Crippen molar-refractivity contribution in [3.05, 3.63) is 39.8 Å². The van der Waals surface area contributed by atoms with E-state index in [4.69, 9.17) is 11.6 Å². The first-order valence-corrected chi connectivity index (χ1v) is 6.37. The zero-order chi connectivity index (χ0) is 14.0. The number of hydrogen-bond donors (Lipinski definition) is 0. The zero-order valence-electron chi connectivity index (χ0n) is 9.46. The van der Waals surface area contributed by atoms with E-state index in [9.17, 15) is 19.5 Å². The summed E-state index contributed by atoms with van der Waals surface area (Å²) in [5, 5.41) is 10.4. The van der Waals surface area contributed by atoms with E-state index in [0.717, 1.165) is 0 Å². The van der Waals surface area contributed by atoms with E-state index in [0.29, 0.717) is 27.2 Å². The molecule has 0 spiro atoms. The Morgan fingerprint density at radius 2 is 1.95 bits per heavy atom. The molecule has 0 aliphatic carbocycles. The van der Waals surface area contributed by atoms with Crippen LogP contribution in [-0.4, -0.2) is 28.6 Å². The van der Waals surface area contributed by atoms with Crippen molar-refractivity contribution < 1.29 is 19.5 Å². The number of aliphatic carboxylic acids is 1. The van der Waals surface area contributed by atoms with Crippen molar-refractivity contribution in [2.45, 2.75) is 0 Å². The monoisotopic (exact) mass is 296 g/mol. The maximum atomic E-state index is 11.8. The second kappa shape index (κ2) is 5.46. The second-order valence-corrected chi connectivity index (χ2v) is 5.12. The van der Waals surface area contributed by atoms with Gasteiger partial charge in [0.15, 0.2) is 0 Å². The molecule has 1 aromatic rings. The summed E-state index contributed by atoms with van der Waals surface area (Å²) in [6.45, 7) is -0.734. The number of benzene rings is 1. The lowest BCUT2D eigenvalue weighted by Gasteiger charge is -2.12. The number of carbonyl (C=O) groups excluding carboxylic acids is 3. The molecule has 19 heavy (non-hydrogen) atoms. The van der Waals surface area contributed by atoms with Gasteiger partial charge in [-0.2, -0.15) is 0 Å². The maximum absolute atomic E-state index is 11.8.